The van der Waals surface area contributed by atoms with Gasteiger partial charge in [-0.05, 0) is 51.1 Å². The first-order valence-electron chi connectivity index (χ1n) is 7.11. The summed E-state index contributed by atoms with van der Waals surface area (Å²) in [6, 6.07) is 5.73. The van der Waals surface area contributed by atoms with Gasteiger partial charge in [-0.25, -0.2) is 0 Å². The molecule has 0 unspecified atom stereocenters. The fraction of sp³-hybridized carbons (Fsp3) is 0.562. The lowest BCUT2D eigenvalue weighted by atomic mass is 10.1. The molecule has 0 aromatic heterocycles. The van der Waals surface area contributed by atoms with Gasteiger partial charge in [0, 0.05) is 17.7 Å². The minimum Gasteiger partial charge on any atom is -0.496 e. The Morgan fingerprint density at radius 1 is 1.21 bits per heavy atom. The number of nitrogens with zero attached hydrogens (tertiary/aromatic N) is 1. The molecular weight excluding hydrogens is 238 g/mol. The summed E-state index contributed by atoms with van der Waals surface area (Å²) in [6.45, 7) is 4.78. The average molecular weight is 261 g/mol. The zero-order valence-electron chi connectivity index (χ0n) is 11.9. The lowest BCUT2D eigenvalue weighted by Crippen LogP contribution is -2.24. The van der Waals surface area contributed by atoms with E-state index in [1.165, 1.54) is 25.7 Å². The second-order valence-corrected chi connectivity index (χ2v) is 5.27. The highest BCUT2D eigenvalue weighted by atomic mass is 16.5. The number of ether oxygens (including phenoxy) is 1. The van der Waals surface area contributed by atoms with E-state index in [1.807, 2.05) is 18.2 Å². The number of benzene rings is 1. The molecule has 1 aliphatic rings. The maximum absolute atomic E-state index is 11.5. The Morgan fingerprint density at radius 3 is 2.47 bits per heavy atom. The monoisotopic (exact) mass is 261 g/mol. The molecule has 0 N–H and O–H groups in total. The Labute approximate surface area is 115 Å². The Morgan fingerprint density at radius 2 is 1.89 bits per heavy atom. The summed E-state index contributed by atoms with van der Waals surface area (Å²) in [5, 5.41) is 0. The van der Waals surface area contributed by atoms with Gasteiger partial charge in [0.15, 0.2) is 5.78 Å². The van der Waals surface area contributed by atoms with Crippen molar-refractivity contribution in [1.29, 1.82) is 0 Å². The van der Waals surface area contributed by atoms with E-state index >= 15 is 0 Å². The van der Waals surface area contributed by atoms with Gasteiger partial charge < -0.3 is 4.74 Å². The molecule has 1 aromatic carbocycles. The summed E-state index contributed by atoms with van der Waals surface area (Å²) in [5.41, 5.74) is 1.89. The van der Waals surface area contributed by atoms with Crippen molar-refractivity contribution >= 4 is 5.78 Å². The fourth-order valence-electron chi connectivity index (χ4n) is 2.66. The van der Waals surface area contributed by atoms with Crippen LogP contribution in [-0.4, -0.2) is 30.9 Å². The van der Waals surface area contributed by atoms with Crippen LogP contribution in [0.4, 0.5) is 0 Å². The smallest absolute Gasteiger partial charge is 0.159 e. The van der Waals surface area contributed by atoms with Crippen LogP contribution in [0.1, 0.15) is 48.5 Å². The van der Waals surface area contributed by atoms with E-state index in [4.69, 9.17) is 4.74 Å². The number of rotatable bonds is 4. The molecule has 3 nitrogen and oxygen atoms in total. The Bertz CT molecular complexity index is 434. The molecule has 0 bridgehead atoms. The summed E-state index contributed by atoms with van der Waals surface area (Å²) >= 11 is 0. The summed E-state index contributed by atoms with van der Waals surface area (Å²) in [6.07, 6.45) is 5.21. The minimum atomic E-state index is 0.111. The molecule has 104 valence electrons. The lowest BCUT2D eigenvalue weighted by molar-refractivity contribution is 0.101. The highest BCUT2D eigenvalue weighted by Gasteiger charge is 2.13. The van der Waals surface area contributed by atoms with Crippen molar-refractivity contribution in [3.63, 3.8) is 0 Å². The molecule has 19 heavy (non-hydrogen) atoms. The SMILES string of the molecule is COc1ccc(C(C)=O)cc1CN1CCCCCC1. The molecular formula is C16H23NO2. The third-order valence-electron chi connectivity index (χ3n) is 3.78. The van der Waals surface area contributed by atoms with E-state index in [0.29, 0.717) is 0 Å². The third-order valence-corrected chi connectivity index (χ3v) is 3.78. The average Bonchev–Trinajstić information content (AvgIpc) is 2.67. The first-order valence-corrected chi connectivity index (χ1v) is 7.11. The van der Waals surface area contributed by atoms with Crippen molar-refractivity contribution in [1.82, 2.24) is 4.90 Å². The van der Waals surface area contributed by atoms with Crippen LogP contribution in [0.5, 0.6) is 5.75 Å². The van der Waals surface area contributed by atoms with Crippen LogP contribution in [0.25, 0.3) is 0 Å². The molecule has 1 aromatic rings. The van der Waals surface area contributed by atoms with Gasteiger partial charge in [0.05, 0.1) is 7.11 Å². The normalized spacial score (nSPS) is 16.9. The van der Waals surface area contributed by atoms with Gasteiger partial charge in [-0.3, -0.25) is 9.69 Å². The lowest BCUT2D eigenvalue weighted by Gasteiger charge is -2.21. The molecule has 0 radical (unpaired) electrons. The number of carbonyl (C=O) groups is 1. The minimum absolute atomic E-state index is 0.111. The van der Waals surface area contributed by atoms with Gasteiger partial charge in [-0.15, -0.1) is 0 Å². The van der Waals surface area contributed by atoms with E-state index in [-0.39, 0.29) is 5.78 Å². The Hall–Kier alpha value is -1.35. The van der Waals surface area contributed by atoms with Crippen LogP contribution in [0, 0.1) is 0 Å². The van der Waals surface area contributed by atoms with E-state index in [0.717, 1.165) is 36.5 Å². The standard InChI is InChI=1S/C16H23NO2/c1-13(18)14-7-8-16(19-2)15(11-14)12-17-9-5-3-4-6-10-17/h7-8,11H,3-6,9-10,12H2,1-2H3. The second kappa shape index (κ2) is 6.71. The number of carbonyl (C=O) groups excluding carboxylic acids is 1. The van der Waals surface area contributed by atoms with Crippen molar-refractivity contribution in [2.75, 3.05) is 20.2 Å². The van der Waals surface area contributed by atoms with Crippen LogP contribution >= 0.6 is 0 Å². The highest BCUT2D eigenvalue weighted by molar-refractivity contribution is 5.94. The van der Waals surface area contributed by atoms with Crippen LogP contribution in [-0.2, 0) is 6.54 Å². The molecule has 1 fully saturated rings. The van der Waals surface area contributed by atoms with Gasteiger partial charge in [0.25, 0.3) is 0 Å². The number of likely N-dealkylation sites (tertiary alicyclic amines) is 1. The van der Waals surface area contributed by atoms with Gasteiger partial charge in [-0.1, -0.05) is 12.8 Å². The maximum atomic E-state index is 11.5. The van der Waals surface area contributed by atoms with Crippen molar-refractivity contribution in [3.8, 4) is 5.75 Å². The van der Waals surface area contributed by atoms with Gasteiger partial charge in [0.2, 0.25) is 0 Å². The topological polar surface area (TPSA) is 29.5 Å². The van der Waals surface area contributed by atoms with Crippen LogP contribution in [0.15, 0.2) is 18.2 Å². The zero-order valence-corrected chi connectivity index (χ0v) is 11.9. The molecule has 0 amide bonds. The molecule has 1 saturated heterocycles. The first-order chi connectivity index (χ1) is 9.20. The van der Waals surface area contributed by atoms with E-state index in [2.05, 4.69) is 4.90 Å². The van der Waals surface area contributed by atoms with Crippen molar-refractivity contribution in [3.05, 3.63) is 29.3 Å². The zero-order chi connectivity index (χ0) is 13.7. The van der Waals surface area contributed by atoms with Crippen LogP contribution in [0.3, 0.4) is 0 Å². The molecule has 1 aliphatic heterocycles. The molecule has 2 rings (SSSR count). The van der Waals surface area contributed by atoms with E-state index in [1.54, 1.807) is 14.0 Å². The molecule has 1 heterocycles. The van der Waals surface area contributed by atoms with Gasteiger partial charge in [0.1, 0.15) is 5.75 Å². The van der Waals surface area contributed by atoms with Crippen LogP contribution < -0.4 is 4.74 Å². The predicted octanol–water partition coefficient (Wildman–Crippen LogP) is 3.27. The van der Waals surface area contributed by atoms with Crippen molar-refractivity contribution in [2.24, 2.45) is 0 Å². The van der Waals surface area contributed by atoms with Crippen LogP contribution in [0.2, 0.25) is 0 Å². The molecule has 0 spiro atoms. The highest BCUT2D eigenvalue weighted by Crippen LogP contribution is 2.23. The molecule has 0 saturated carbocycles. The molecule has 0 aliphatic carbocycles. The fourth-order valence-corrected chi connectivity index (χ4v) is 2.66. The first kappa shape index (κ1) is 14.1. The molecule has 3 heteroatoms. The molecule has 0 atom stereocenters. The quantitative estimate of drug-likeness (QED) is 0.779. The largest absolute Gasteiger partial charge is 0.496 e. The van der Waals surface area contributed by atoms with Gasteiger partial charge in [-0.2, -0.15) is 0 Å². The number of ketones is 1. The van der Waals surface area contributed by atoms with E-state index in [9.17, 15) is 4.79 Å². The number of hydrogen-bond donors (Lipinski definition) is 0. The third kappa shape index (κ3) is 3.80. The van der Waals surface area contributed by atoms with E-state index < -0.39 is 0 Å². The summed E-state index contributed by atoms with van der Waals surface area (Å²) in [7, 11) is 1.69. The number of hydrogen-bond acceptors (Lipinski definition) is 3. The number of Topliss-reactive ketones (excluding diaryl/α,β-unsaturated/α-hetero) is 1. The van der Waals surface area contributed by atoms with Crippen molar-refractivity contribution < 1.29 is 9.53 Å². The Balaban J connectivity index is 2.16. The second-order valence-electron chi connectivity index (χ2n) is 5.27. The summed E-state index contributed by atoms with van der Waals surface area (Å²) in [5.74, 6) is 0.994. The maximum Gasteiger partial charge on any atom is 0.159 e. The van der Waals surface area contributed by atoms with Gasteiger partial charge >= 0.3 is 0 Å². The predicted molar refractivity (Wildman–Crippen MR) is 76.7 cm³/mol. The van der Waals surface area contributed by atoms with Crippen molar-refractivity contribution in [2.45, 2.75) is 39.2 Å². The number of methoxy groups -OCH3 is 1. The Kier molecular flexibility index (Phi) is 4.97. The summed E-state index contributed by atoms with van der Waals surface area (Å²) in [4.78, 5) is 14.0. The summed E-state index contributed by atoms with van der Waals surface area (Å²) < 4.78 is 5.41.